The molecule has 4 nitrogen and oxygen atoms in total. The van der Waals surface area contributed by atoms with E-state index in [1.54, 1.807) is 36.4 Å². The average Bonchev–Trinajstić information content (AvgIpc) is 2.49. The lowest BCUT2D eigenvalue weighted by Crippen LogP contribution is -2.16. The van der Waals surface area contributed by atoms with Gasteiger partial charge in [0.2, 0.25) is 5.75 Å². The summed E-state index contributed by atoms with van der Waals surface area (Å²) in [6.07, 6.45) is 0.382. The van der Waals surface area contributed by atoms with E-state index in [-0.39, 0.29) is 5.78 Å². The number of hydrogen-bond acceptors (Lipinski definition) is 4. The Balaban J connectivity index is 1.99. The van der Waals surface area contributed by atoms with Gasteiger partial charge in [0.1, 0.15) is 5.75 Å². The minimum Gasteiger partial charge on any atom is -0.490 e. The van der Waals surface area contributed by atoms with E-state index >= 15 is 0 Å². The Bertz CT molecular complexity index is 679. The van der Waals surface area contributed by atoms with Crippen molar-refractivity contribution in [3.63, 3.8) is 0 Å². The van der Waals surface area contributed by atoms with Crippen LogP contribution in [0.5, 0.6) is 23.0 Å². The largest absolute Gasteiger partial charge is 0.490 e. The fraction of sp³-hybridized carbons (Fsp3) is 0.188. The quantitative estimate of drug-likeness (QED) is 0.856. The Morgan fingerprint density at radius 3 is 2.62 bits per heavy atom. The second kappa shape index (κ2) is 5.66. The molecule has 1 aliphatic rings. The highest BCUT2D eigenvalue weighted by molar-refractivity contribution is 6.30. The lowest BCUT2D eigenvalue weighted by Gasteiger charge is -2.20. The first kappa shape index (κ1) is 13.8. The molecule has 0 spiro atoms. The van der Waals surface area contributed by atoms with Crippen molar-refractivity contribution in [2.45, 2.75) is 6.42 Å². The summed E-state index contributed by atoms with van der Waals surface area (Å²) in [5.74, 6) is 2.04. The molecule has 0 N–H and O–H groups in total. The van der Waals surface area contributed by atoms with Gasteiger partial charge in [-0.25, -0.2) is 0 Å². The number of benzene rings is 2. The zero-order valence-corrected chi connectivity index (χ0v) is 12.1. The average molecular weight is 305 g/mol. The topological polar surface area (TPSA) is 44.8 Å². The number of Topliss-reactive ketones (excluding diaryl/α,β-unsaturated/α-hetero) is 1. The van der Waals surface area contributed by atoms with Gasteiger partial charge in [0.25, 0.3) is 0 Å². The van der Waals surface area contributed by atoms with Crippen LogP contribution < -0.4 is 14.2 Å². The summed E-state index contributed by atoms with van der Waals surface area (Å²) in [5.41, 5.74) is 0.529. The Morgan fingerprint density at radius 2 is 1.90 bits per heavy atom. The minimum absolute atomic E-state index is 0.0487. The van der Waals surface area contributed by atoms with Crippen molar-refractivity contribution in [2.24, 2.45) is 0 Å². The molecule has 0 bridgehead atoms. The third kappa shape index (κ3) is 2.67. The van der Waals surface area contributed by atoms with E-state index in [1.807, 2.05) is 0 Å². The van der Waals surface area contributed by atoms with E-state index in [4.69, 9.17) is 25.8 Å². The molecule has 2 aromatic carbocycles. The first-order valence-corrected chi connectivity index (χ1v) is 6.87. The van der Waals surface area contributed by atoms with Gasteiger partial charge in [-0.2, -0.15) is 0 Å². The Labute approximate surface area is 127 Å². The Kier molecular flexibility index (Phi) is 3.71. The summed E-state index contributed by atoms with van der Waals surface area (Å²) < 4.78 is 16.7. The van der Waals surface area contributed by atoms with E-state index in [1.165, 1.54) is 7.11 Å². The molecule has 0 aromatic heterocycles. The number of rotatable bonds is 3. The molecule has 3 rings (SSSR count). The molecule has 0 atom stereocenters. The zero-order valence-electron chi connectivity index (χ0n) is 11.4. The van der Waals surface area contributed by atoms with Crippen molar-refractivity contribution in [2.75, 3.05) is 13.7 Å². The first-order chi connectivity index (χ1) is 10.2. The molecule has 0 radical (unpaired) electrons. The van der Waals surface area contributed by atoms with Crippen molar-refractivity contribution in [1.82, 2.24) is 0 Å². The molecule has 1 aliphatic heterocycles. The van der Waals surface area contributed by atoms with Crippen LogP contribution in [0.2, 0.25) is 5.02 Å². The van der Waals surface area contributed by atoms with Gasteiger partial charge in [0.05, 0.1) is 19.3 Å². The molecule has 0 aliphatic carbocycles. The molecule has 1 heterocycles. The Hall–Kier alpha value is -2.20. The summed E-state index contributed by atoms with van der Waals surface area (Å²) in [4.78, 5) is 11.9. The van der Waals surface area contributed by atoms with Crippen molar-refractivity contribution in [1.29, 1.82) is 0 Å². The van der Waals surface area contributed by atoms with Crippen LogP contribution in [0, 0.1) is 0 Å². The van der Waals surface area contributed by atoms with E-state index < -0.39 is 0 Å². The maximum absolute atomic E-state index is 11.9. The van der Waals surface area contributed by atoms with E-state index in [9.17, 15) is 4.79 Å². The van der Waals surface area contributed by atoms with Gasteiger partial charge in [0, 0.05) is 11.4 Å². The van der Waals surface area contributed by atoms with E-state index in [2.05, 4.69) is 0 Å². The second-order valence-electron chi connectivity index (χ2n) is 4.55. The highest BCUT2D eigenvalue weighted by Gasteiger charge is 2.25. The fourth-order valence-corrected chi connectivity index (χ4v) is 2.32. The van der Waals surface area contributed by atoms with E-state index in [0.29, 0.717) is 46.6 Å². The standard InChI is InChI=1S/C16H13ClO4/c1-19-16-14(21-11-4-2-10(17)3-5-11)7-6-12-13(18)8-9-20-15(12)16/h2-7H,8-9H2,1H3. The van der Waals surface area contributed by atoms with Gasteiger partial charge in [-0.1, -0.05) is 11.6 Å². The molecule has 0 amide bonds. The monoisotopic (exact) mass is 304 g/mol. The number of hydrogen-bond donors (Lipinski definition) is 0. The van der Waals surface area contributed by atoms with Crippen molar-refractivity contribution in [3.8, 4) is 23.0 Å². The SMILES string of the molecule is COc1c(Oc2ccc(Cl)cc2)ccc2c1OCCC2=O. The number of carbonyl (C=O) groups is 1. The first-order valence-electron chi connectivity index (χ1n) is 6.49. The van der Waals surface area contributed by atoms with Gasteiger partial charge in [-0.05, 0) is 36.4 Å². The lowest BCUT2D eigenvalue weighted by atomic mass is 10.0. The predicted molar refractivity (Wildman–Crippen MR) is 79.0 cm³/mol. The van der Waals surface area contributed by atoms with Gasteiger partial charge in [-0.3, -0.25) is 4.79 Å². The number of ether oxygens (including phenoxy) is 3. The van der Waals surface area contributed by atoms with Crippen LogP contribution in [-0.4, -0.2) is 19.5 Å². The second-order valence-corrected chi connectivity index (χ2v) is 4.99. The number of carbonyl (C=O) groups excluding carboxylic acids is 1. The van der Waals surface area contributed by atoms with Crippen LogP contribution in [0.1, 0.15) is 16.8 Å². The number of ketones is 1. The van der Waals surface area contributed by atoms with E-state index in [0.717, 1.165) is 0 Å². The lowest BCUT2D eigenvalue weighted by molar-refractivity contribution is 0.0930. The summed E-state index contributed by atoms with van der Waals surface area (Å²) in [6, 6.07) is 10.4. The molecule has 0 fully saturated rings. The molecule has 21 heavy (non-hydrogen) atoms. The molecular weight excluding hydrogens is 292 g/mol. The van der Waals surface area contributed by atoms with Crippen LogP contribution in [-0.2, 0) is 0 Å². The van der Waals surface area contributed by atoms with Crippen LogP contribution in [0.25, 0.3) is 0 Å². The number of fused-ring (bicyclic) bond motifs is 1. The summed E-state index contributed by atoms with van der Waals surface area (Å²) in [6.45, 7) is 0.354. The molecule has 0 saturated heterocycles. The van der Waals surface area contributed by atoms with Crippen LogP contribution in [0.15, 0.2) is 36.4 Å². The maximum atomic E-state index is 11.9. The summed E-state index contributed by atoms with van der Waals surface area (Å²) in [7, 11) is 1.52. The van der Waals surface area contributed by atoms with Crippen LogP contribution in [0.3, 0.4) is 0 Å². The van der Waals surface area contributed by atoms with Gasteiger partial charge < -0.3 is 14.2 Å². The molecule has 0 saturated carbocycles. The maximum Gasteiger partial charge on any atom is 0.204 e. The third-order valence-corrected chi connectivity index (χ3v) is 3.45. The summed E-state index contributed by atoms with van der Waals surface area (Å²) in [5, 5.41) is 0.633. The smallest absolute Gasteiger partial charge is 0.204 e. The van der Waals surface area contributed by atoms with Crippen molar-refractivity contribution in [3.05, 3.63) is 47.0 Å². The highest BCUT2D eigenvalue weighted by Crippen LogP contribution is 2.43. The Morgan fingerprint density at radius 1 is 1.14 bits per heavy atom. The van der Waals surface area contributed by atoms with Gasteiger partial charge in [-0.15, -0.1) is 0 Å². The third-order valence-electron chi connectivity index (χ3n) is 3.20. The summed E-state index contributed by atoms with van der Waals surface area (Å²) >= 11 is 5.85. The van der Waals surface area contributed by atoms with Crippen LogP contribution in [0.4, 0.5) is 0 Å². The molecular formula is C16H13ClO4. The van der Waals surface area contributed by atoms with Crippen molar-refractivity contribution < 1.29 is 19.0 Å². The minimum atomic E-state index is 0.0487. The number of halogens is 1. The predicted octanol–water partition coefficient (Wildman–Crippen LogP) is 4.11. The van der Waals surface area contributed by atoms with Crippen molar-refractivity contribution >= 4 is 17.4 Å². The van der Waals surface area contributed by atoms with Gasteiger partial charge >= 0.3 is 0 Å². The highest BCUT2D eigenvalue weighted by atomic mass is 35.5. The molecule has 108 valence electrons. The molecule has 2 aromatic rings. The zero-order chi connectivity index (χ0) is 14.8. The molecule has 0 unspecified atom stereocenters. The molecule has 5 heteroatoms. The van der Waals surface area contributed by atoms with Gasteiger partial charge in [0.15, 0.2) is 17.3 Å². The fourth-order valence-electron chi connectivity index (χ4n) is 2.19. The normalized spacial score (nSPS) is 13.3. The van der Waals surface area contributed by atoms with Crippen LogP contribution >= 0.6 is 11.6 Å². The number of methoxy groups -OCH3 is 1.